The number of anilines is 1. The Kier molecular flexibility index (Phi) is 7.12. The highest BCUT2D eigenvalue weighted by molar-refractivity contribution is 6.25. The Balaban J connectivity index is 2.03. The van der Waals surface area contributed by atoms with Crippen LogP contribution in [0.3, 0.4) is 0 Å². The van der Waals surface area contributed by atoms with E-state index in [0.717, 1.165) is 35.2 Å². The number of para-hydroxylation sites is 1. The van der Waals surface area contributed by atoms with Gasteiger partial charge < -0.3 is 15.2 Å². The number of aliphatic imine (C=N–C) groups is 1. The van der Waals surface area contributed by atoms with Crippen molar-refractivity contribution in [3.63, 3.8) is 0 Å². The highest BCUT2D eigenvalue weighted by Gasteiger charge is 2.42. The molecule has 3 aromatic carbocycles. The fourth-order valence-corrected chi connectivity index (χ4v) is 4.40. The van der Waals surface area contributed by atoms with Crippen LogP contribution >= 0.6 is 0 Å². The van der Waals surface area contributed by atoms with Crippen LogP contribution in [0.5, 0.6) is 0 Å². The van der Waals surface area contributed by atoms with Crippen molar-refractivity contribution in [2.24, 2.45) is 4.99 Å². The van der Waals surface area contributed by atoms with Crippen molar-refractivity contribution in [3.8, 4) is 0 Å². The highest BCUT2D eigenvalue weighted by atomic mass is 16.5. The van der Waals surface area contributed by atoms with Gasteiger partial charge in [-0.25, -0.2) is 9.79 Å². The summed E-state index contributed by atoms with van der Waals surface area (Å²) in [4.78, 5) is 18.3. The van der Waals surface area contributed by atoms with Gasteiger partial charge in [-0.05, 0) is 30.5 Å². The number of carbonyl (C=O) groups is 1. The van der Waals surface area contributed by atoms with Gasteiger partial charge in [0, 0.05) is 17.7 Å². The Morgan fingerprint density at radius 2 is 1.50 bits per heavy atom. The van der Waals surface area contributed by atoms with E-state index in [9.17, 15) is 9.90 Å². The average molecular weight is 455 g/mol. The zero-order valence-electron chi connectivity index (χ0n) is 19.6. The molecule has 1 heterocycles. The topological polar surface area (TPSA) is 70.9 Å². The molecule has 0 spiro atoms. The molecule has 0 saturated heterocycles. The molecule has 0 aromatic heterocycles. The predicted octanol–water partition coefficient (Wildman–Crippen LogP) is 6.37. The van der Waals surface area contributed by atoms with Gasteiger partial charge in [0.15, 0.2) is 0 Å². The summed E-state index contributed by atoms with van der Waals surface area (Å²) in [5.74, 6) is -0.295. The minimum absolute atomic E-state index is 0.0130. The number of nitrogens with zero attached hydrogens (tertiary/aromatic N) is 1. The zero-order valence-corrected chi connectivity index (χ0v) is 19.6. The van der Waals surface area contributed by atoms with E-state index < -0.39 is 11.5 Å². The second-order valence-corrected chi connectivity index (χ2v) is 8.22. The first-order valence-electron chi connectivity index (χ1n) is 11.8. The van der Waals surface area contributed by atoms with E-state index in [1.54, 1.807) is 6.92 Å². The number of esters is 1. The van der Waals surface area contributed by atoms with E-state index in [0.29, 0.717) is 12.3 Å². The summed E-state index contributed by atoms with van der Waals surface area (Å²) in [6.45, 7) is 4.00. The maximum absolute atomic E-state index is 13.1. The molecular formula is C29H30N2O3. The van der Waals surface area contributed by atoms with Gasteiger partial charge in [-0.3, -0.25) is 0 Å². The number of aliphatic hydroxyl groups is 1. The summed E-state index contributed by atoms with van der Waals surface area (Å²) in [5.41, 5.74) is 2.88. The maximum atomic E-state index is 13.1. The number of carbonyl (C=O) groups excluding carboxylic acids is 1. The van der Waals surface area contributed by atoms with E-state index in [1.807, 2.05) is 91.9 Å². The number of aliphatic hydroxyl groups excluding tert-OH is 1. The molecule has 34 heavy (non-hydrogen) atoms. The van der Waals surface area contributed by atoms with Crippen molar-refractivity contribution in [3.05, 3.63) is 113 Å². The number of hydrogen-bond acceptors (Lipinski definition) is 5. The molecule has 174 valence electrons. The number of hydrogen-bond donors (Lipinski definition) is 2. The number of unbranched alkanes of at least 4 members (excludes halogenated alkanes) is 1. The summed E-state index contributed by atoms with van der Waals surface area (Å²) >= 11 is 0. The molecule has 4 rings (SSSR count). The van der Waals surface area contributed by atoms with Crippen LogP contribution < -0.4 is 5.32 Å². The number of benzene rings is 3. The lowest BCUT2D eigenvalue weighted by Crippen LogP contribution is -2.38. The van der Waals surface area contributed by atoms with Gasteiger partial charge in [-0.15, -0.1) is 0 Å². The Bertz CT molecular complexity index is 1160. The van der Waals surface area contributed by atoms with Crippen LogP contribution in [0, 0.1) is 0 Å². The van der Waals surface area contributed by atoms with Crippen LogP contribution in [-0.2, 0) is 15.1 Å². The highest BCUT2D eigenvalue weighted by Crippen LogP contribution is 2.46. The average Bonchev–Trinajstić information content (AvgIpc) is 2.88. The molecule has 0 aliphatic carbocycles. The molecule has 0 amide bonds. The Morgan fingerprint density at radius 1 is 0.912 bits per heavy atom. The Labute approximate surface area is 200 Å². The van der Waals surface area contributed by atoms with Crippen LogP contribution in [-0.4, -0.2) is 23.5 Å². The van der Waals surface area contributed by atoms with Gasteiger partial charge in [-0.1, -0.05) is 92.2 Å². The standard InChI is InChI=1S/C29H30N2O3/c1-3-5-20-25(32)26(28(33)34-4-2)27-30-24-19-13-12-18-23(24)29(31-27,21-14-8-6-9-15-21)22-16-10-7-11-17-22/h6-19,32H,3-5,20H2,1-2H3,(H,30,31)/b26-25+. The number of nitrogens with one attached hydrogen (secondary N) is 1. The van der Waals surface area contributed by atoms with Crippen LogP contribution in [0.2, 0.25) is 0 Å². The molecule has 0 bridgehead atoms. The second kappa shape index (κ2) is 10.4. The van der Waals surface area contributed by atoms with Gasteiger partial charge in [0.05, 0.1) is 6.61 Å². The lowest BCUT2D eigenvalue weighted by Gasteiger charge is -2.38. The fourth-order valence-electron chi connectivity index (χ4n) is 4.40. The van der Waals surface area contributed by atoms with Crippen molar-refractivity contribution in [1.29, 1.82) is 0 Å². The Morgan fingerprint density at radius 3 is 2.09 bits per heavy atom. The third-order valence-electron chi connectivity index (χ3n) is 6.00. The number of ether oxygens (including phenoxy) is 1. The molecular weight excluding hydrogens is 424 g/mol. The number of amidine groups is 1. The quantitative estimate of drug-likeness (QED) is 0.236. The lowest BCUT2D eigenvalue weighted by atomic mass is 9.75. The minimum atomic E-state index is -0.914. The van der Waals surface area contributed by atoms with E-state index in [2.05, 4.69) is 5.32 Å². The summed E-state index contributed by atoms with van der Waals surface area (Å²) in [6.07, 6.45) is 2.01. The molecule has 0 unspecified atom stereocenters. The van der Waals surface area contributed by atoms with Crippen LogP contribution in [0.1, 0.15) is 49.8 Å². The first-order chi connectivity index (χ1) is 16.6. The number of fused-ring (bicyclic) bond motifs is 1. The summed E-state index contributed by atoms with van der Waals surface area (Å²) in [6, 6.07) is 28.0. The molecule has 5 nitrogen and oxygen atoms in total. The lowest BCUT2D eigenvalue weighted by molar-refractivity contribution is -0.138. The molecule has 0 saturated carbocycles. The maximum Gasteiger partial charge on any atom is 0.345 e. The molecule has 0 atom stereocenters. The summed E-state index contributed by atoms with van der Waals surface area (Å²) < 4.78 is 5.35. The van der Waals surface area contributed by atoms with Gasteiger partial charge in [-0.2, -0.15) is 0 Å². The number of allylic oxidation sites excluding steroid dienone is 1. The van der Waals surface area contributed by atoms with Crippen molar-refractivity contribution < 1.29 is 14.6 Å². The van der Waals surface area contributed by atoms with Crippen molar-refractivity contribution in [2.75, 3.05) is 11.9 Å². The van der Waals surface area contributed by atoms with Gasteiger partial charge in [0.25, 0.3) is 0 Å². The zero-order chi connectivity index (χ0) is 24.0. The van der Waals surface area contributed by atoms with E-state index >= 15 is 0 Å². The van der Waals surface area contributed by atoms with Crippen molar-refractivity contribution >= 4 is 17.5 Å². The molecule has 0 fully saturated rings. The molecule has 1 aliphatic heterocycles. The summed E-state index contributed by atoms with van der Waals surface area (Å²) in [5, 5.41) is 14.3. The molecule has 3 aromatic rings. The monoisotopic (exact) mass is 454 g/mol. The Hall–Kier alpha value is -3.86. The van der Waals surface area contributed by atoms with Gasteiger partial charge in [0.2, 0.25) is 0 Å². The second-order valence-electron chi connectivity index (χ2n) is 8.22. The minimum Gasteiger partial charge on any atom is -0.511 e. The van der Waals surface area contributed by atoms with Crippen LogP contribution in [0.25, 0.3) is 0 Å². The first kappa shape index (κ1) is 23.3. The predicted molar refractivity (Wildman–Crippen MR) is 136 cm³/mol. The van der Waals surface area contributed by atoms with Crippen molar-refractivity contribution in [2.45, 2.75) is 38.6 Å². The SMILES string of the molecule is CCCC/C(O)=C(\C(=O)OCC)C1=NC(c2ccccc2)(c2ccccc2)c2ccccc2N1. The smallest absolute Gasteiger partial charge is 0.345 e. The third-order valence-corrected chi connectivity index (χ3v) is 6.00. The van der Waals surface area contributed by atoms with Crippen LogP contribution in [0.15, 0.2) is 101 Å². The van der Waals surface area contributed by atoms with E-state index in [1.165, 1.54) is 0 Å². The van der Waals surface area contributed by atoms with E-state index in [4.69, 9.17) is 9.73 Å². The third kappa shape index (κ3) is 4.34. The van der Waals surface area contributed by atoms with Gasteiger partial charge >= 0.3 is 5.97 Å². The first-order valence-corrected chi connectivity index (χ1v) is 11.8. The number of rotatable bonds is 8. The van der Waals surface area contributed by atoms with Crippen molar-refractivity contribution in [1.82, 2.24) is 0 Å². The van der Waals surface area contributed by atoms with Gasteiger partial charge in [0.1, 0.15) is 22.7 Å². The molecule has 5 heteroatoms. The normalized spacial score (nSPS) is 14.8. The summed E-state index contributed by atoms with van der Waals surface area (Å²) in [7, 11) is 0. The fraction of sp³-hybridized carbons (Fsp3) is 0.241. The largest absolute Gasteiger partial charge is 0.511 e. The molecule has 1 aliphatic rings. The molecule has 2 N–H and O–H groups in total. The molecule has 0 radical (unpaired) electrons. The van der Waals surface area contributed by atoms with Crippen LogP contribution in [0.4, 0.5) is 5.69 Å². The van der Waals surface area contributed by atoms with E-state index in [-0.39, 0.29) is 17.9 Å².